The minimum atomic E-state index is 0.108. The van der Waals surface area contributed by atoms with Gasteiger partial charge in [0.05, 0.1) is 5.52 Å². The molecule has 0 aliphatic carbocycles. The molecule has 2 aromatic carbocycles. The average molecular weight is 343 g/mol. The standard InChI is InChI=1S/C20H23ClN2O/c1-14(22(2)3)13-23-18-10-5-4-7-15(18)16-8-6-9-17(20(16)23)19(24)11-12-21/h4-10,14H,11-13H2,1-3H3. The lowest BCUT2D eigenvalue weighted by atomic mass is 10.0. The number of aromatic nitrogens is 1. The Bertz CT molecular complexity index is 882. The number of nitrogens with zero attached hydrogens (tertiary/aromatic N) is 2. The molecule has 3 aromatic rings. The molecule has 0 spiro atoms. The highest BCUT2D eigenvalue weighted by Crippen LogP contribution is 2.32. The van der Waals surface area contributed by atoms with Gasteiger partial charge >= 0.3 is 0 Å². The minimum Gasteiger partial charge on any atom is -0.338 e. The highest BCUT2D eigenvalue weighted by Gasteiger charge is 2.19. The van der Waals surface area contributed by atoms with Gasteiger partial charge in [-0.25, -0.2) is 0 Å². The predicted molar refractivity (Wildman–Crippen MR) is 102 cm³/mol. The molecule has 0 fully saturated rings. The van der Waals surface area contributed by atoms with E-state index in [4.69, 9.17) is 11.6 Å². The van der Waals surface area contributed by atoms with Crippen LogP contribution in [0.1, 0.15) is 23.7 Å². The molecule has 3 nitrogen and oxygen atoms in total. The molecule has 3 rings (SSSR count). The Morgan fingerprint density at radius 3 is 2.54 bits per heavy atom. The van der Waals surface area contributed by atoms with Gasteiger partial charge < -0.3 is 9.47 Å². The normalized spacial score (nSPS) is 13.0. The van der Waals surface area contributed by atoms with Gasteiger partial charge in [0.25, 0.3) is 0 Å². The molecule has 4 heteroatoms. The Labute approximate surface area is 147 Å². The van der Waals surface area contributed by atoms with Crippen molar-refractivity contribution in [2.75, 3.05) is 20.0 Å². The van der Waals surface area contributed by atoms with Crippen molar-refractivity contribution in [2.45, 2.75) is 25.9 Å². The van der Waals surface area contributed by atoms with Gasteiger partial charge in [-0.05, 0) is 33.2 Å². The number of alkyl halides is 1. The molecule has 0 radical (unpaired) electrons. The third kappa shape index (κ3) is 2.94. The van der Waals surface area contributed by atoms with Crippen LogP contribution in [0.2, 0.25) is 0 Å². The van der Waals surface area contributed by atoms with Gasteiger partial charge in [-0.1, -0.05) is 30.3 Å². The van der Waals surface area contributed by atoms with E-state index in [9.17, 15) is 4.79 Å². The number of para-hydroxylation sites is 2. The van der Waals surface area contributed by atoms with Crippen LogP contribution in [0.4, 0.5) is 0 Å². The Balaban J connectivity index is 2.30. The van der Waals surface area contributed by atoms with Crippen LogP contribution in [0.15, 0.2) is 42.5 Å². The second-order valence-corrected chi connectivity index (χ2v) is 6.88. The van der Waals surface area contributed by atoms with E-state index < -0.39 is 0 Å². The molecule has 1 heterocycles. The van der Waals surface area contributed by atoms with Gasteiger partial charge in [0, 0.05) is 46.7 Å². The zero-order chi connectivity index (χ0) is 17.3. The maximum absolute atomic E-state index is 12.6. The number of ketones is 1. The topological polar surface area (TPSA) is 25.2 Å². The second kappa shape index (κ2) is 6.96. The van der Waals surface area contributed by atoms with Gasteiger partial charge in [-0.3, -0.25) is 4.79 Å². The van der Waals surface area contributed by atoms with Crippen molar-refractivity contribution in [3.63, 3.8) is 0 Å². The number of halogens is 1. The summed E-state index contributed by atoms with van der Waals surface area (Å²) in [4.78, 5) is 14.8. The molecular weight excluding hydrogens is 320 g/mol. The zero-order valence-electron chi connectivity index (χ0n) is 14.4. The van der Waals surface area contributed by atoms with Gasteiger partial charge in [0.2, 0.25) is 0 Å². The Kier molecular flexibility index (Phi) is 4.93. The first-order valence-electron chi connectivity index (χ1n) is 8.30. The van der Waals surface area contributed by atoms with Gasteiger partial charge in [-0.15, -0.1) is 11.6 Å². The molecule has 0 saturated heterocycles. The van der Waals surface area contributed by atoms with Crippen LogP contribution in [-0.2, 0) is 6.54 Å². The molecule has 1 atom stereocenters. The molecule has 126 valence electrons. The largest absolute Gasteiger partial charge is 0.338 e. The van der Waals surface area contributed by atoms with E-state index in [2.05, 4.69) is 60.8 Å². The quantitative estimate of drug-likeness (QED) is 0.485. The summed E-state index contributed by atoms with van der Waals surface area (Å²) in [5, 5.41) is 2.33. The van der Waals surface area contributed by atoms with Crippen LogP contribution in [0.3, 0.4) is 0 Å². The average Bonchev–Trinajstić information content (AvgIpc) is 2.89. The summed E-state index contributed by atoms with van der Waals surface area (Å²) in [6, 6.07) is 14.7. The third-order valence-electron chi connectivity index (χ3n) is 4.74. The van der Waals surface area contributed by atoms with E-state index in [-0.39, 0.29) is 5.78 Å². The lowest BCUT2D eigenvalue weighted by Gasteiger charge is -2.22. The van der Waals surface area contributed by atoms with E-state index in [1.807, 2.05) is 12.1 Å². The summed E-state index contributed by atoms with van der Waals surface area (Å²) in [6.45, 7) is 3.03. The molecule has 0 amide bonds. The van der Waals surface area contributed by atoms with Crippen LogP contribution in [-0.4, -0.2) is 41.3 Å². The molecule has 0 bridgehead atoms. The van der Waals surface area contributed by atoms with E-state index >= 15 is 0 Å². The SMILES string of the molecule is CC(Cn1c2ccccc2c2cccc(C(=O)CCCl)c21)N(C)C. The summed E-state index contributed by atoms with van der Waals surface area (Å²) in [6.07, 6.45) is 0.366. The van der Waals surface area contributed by atoms with Crippen molar-refractivity contribution >= 4 is 39.2 Å². The number of benzene rings is 2. The third-order valence-corrected chi connectivity index (χ3v) is 4.93. The summed E-state index contributed by atoms with van der Waals surface area (Å²) in [5.74, 6) is 0.459. The first-order chi connectivity index (χ1) is 11.5. The van der Waals surface area contributed by atoms with Crippen molar-refractivity contribution in [1.82, 2.24) is 9.47 Å². The highest BCUT2D eigenvalue weighted by atomic mass is 35.5. The molecule has 0 saturated carbocycles. The number of carbonyl (C=O) groups is 1. The van der Waals surface area contributed by atoms with Crippen molar-refractivity contribution in [3.8, 4) is 0 Å². The van der Waals surface area contributed by atoms with Crippen molar-refractivity contribution in [3.05, 3.63) is 48.0 Å². The number of carbonyl (C=O) groups excluding carboxylic acids is 1. The highest BCUT2D eigenvalue weighted by molar-refractivity contribution is 6.21. The molecule has 0 aliphatic rings. The summed E-state index contributed by atoms with van der Waals surface area (Å²) in [5.41, 5.74) is 2.98. The van der Waals surface area contributed by atoms with Gasteiger partial charge in [0.15, 0.2) is 5.78 Å². The Hall–Kier alpha value is -1.84. The Morgan fingerprint density at radius 2 is 1.83 bits per heavy atom. The van der Waals surface area contributed by atoms with Crippen molar-refractivity contribution < 1.29 is 4.79 Å². The zero-order valence-corrected chi connectivity index (χ0v) is 15.2. The fourth-order valence-corrected chi connectivity index (χ4v) is 3.34. The second-order valence-electron chi connectivity index (χ2n) is 6.50. The van der Waals surface area contributed by atoms with Crippen molar-refractivity contribution in [2.24, 2.45) is 0 Å². The summed E-state index contributed by atoms with van der Waals surface area (Å²) < 4.78 is 2.29. The monoisotopic (exact) mass is 342 g/mol. The minimum absolute atomic E-state index is 0.108. The number of rotatable bonds is 6. The number of hydrogen-bond acceptors (Lipinski definition) is 2. The number of Topliss-reactive ketones (excluding diaryl/α,β-unsaturated/α-hetero) is 1. The molecule has 24 heavy (non-hydrogen) atoms. The van der Waals surface area contributed by atoms with E-state index in [1.54, 1.807) is 0 Å². The fraction of sp³-hybridized carbons (Fsp3) is 0.350. The summed E-state index contributed by atoms with van der Waals surface area (Å²) >= 11 is 5.81. The van der Waals surface area contributed by atoms with Gasteiger partial charge in [-0.2, -0.15) is 0 Å². The molecular formula is C20H23ClN2O. The molecule has 1 aromatic heterocycles. The first kappa shape index (κ1) is 17.0. The molecule has 0 N–H and O–H groups in total. The van der Waals surface area contributed by atoms with Crippen LogP contribution >= 0.6 is 11.6 Å². The fourth-order valence-electron chi connectivity index (χ4n) is 3.17. The van der Waals surface area contributed by atoms with Crippen LogP contribution < -0.4 is 0 Å². The number of fused-ring (bicyclic) bond motifs is 3. The number of hydrogen-bond donors (Lipinski definition) is 0. The lowest BCUT2D eigenvalue weighted by Crippen LogP contribution is -2.29. The maximum Gasteiger partial charge on any atom is 0.166 e. The van der Waals surface area contributed by atoms with Gasteiger partial charge in [0.1, 0.15) is 0 Å². The predicted octanol–water partition coefficient (Wildman–Crippen LogP) is 4.56. The van der Waals surface area contributed by atoms with E-state index in [0.29, 0.717) is 18.3 Å². The van der Waals surface area contributed by atoms with E-state index in [0.717, 1.165) is 23.0 Å². The first-order valence-corrected chi connectivity index (χ1v) is 8.83. The lowest BCUT2D eigenvalue weighted by molar-refractivity contribution is 0.0990. The summed E-state index contributed by atoms with van der Waals surface area (Å²) in [7, 11) is 4.16. The number of likely N-dealkylation sites (N-methyl/N-ethyl adjacent to an activating group) is 1. The molecule has 0 aliphatic heterocycles. The van der Waals surface area contributed by atoms with E-state index in [1.165, 1.54) is 10.9 Å². The maximum atomic E-state index is 12.6. The van der Waals surface area contributed by atoms with Crippen LogP contribution in [0, 0.1) is 0 Å². The van der Waals surface area contributed by atoms with Crippen LogP contribution in [0.5, 0.6) is 0 Å². The molecule has 1 unspecified atom stereocenters. The van der Waals surface area contributed by atoms with Crippen molar-refractivity contribution in [1.29, 1.82) is 0 Å². The van der Waals surface area contributed by atoms with Crippen LogP contribution in [0.25, 0.3) is 21.8 Å². The Morgan fingerprint density at radius 1 is 1.12 bits per heavy atom. The smallest absolute Gasteiger partial charge is 0.166 e.